The van der Waals surface area contributed by atoms with Crippen molar-refractivity contribution in [1.82, 2.24) is 9.97 Å². The summed E-state index contributed by atoms with van der Waals surface area (Å²) in [6.07, 6.45) is 2.84. The van der Waals surface area contributed by atoms with Gasteiger partial charge >= 0.3 is 12.1 Å². The van der Waals surface area contributed by atoms with E-state index in [0.717, 1.165) is 31.4 Å². The molecular weight excluding hydrogens is 361 g/mol. The van der Waals surface area contributed by atoms with Crippen LogP contribution in [0.4, 0.5) is 24.8 Å². The maximum atomic E-state index is 12.7. The number of alkyl halides is 3. The van der Waals surface area contributed by atoms with Crippen LogP contribution in [0.25, 0.3) is 0 Å². The fraction of sp³-hybridized carbons (Fsp3) is 0.722. The Morgan fingerprint density at radius 2 is 1.74 bits per heavy atom. The van der Waals surface area contributed by atoms with Crippen molar-refractivity contribution in [2.75, 3.05) is 23.3 Å². The van der Waals surface area contributed by atoms with Crippen LogP contribution in [-0.2, 0) is 4.79 Å². The molecule has 4 rings (SSSR count). The van der Waals surface area contributed by atoms with E-state index in [-0.39, 0.29) is 24.2 Å². The number of piperidine rings is 1. The molecule has 2 heterocycles. The summed E-state index contributed by atoms with van der Waals surface area (Å²) in [7, 11) is 0. The van der Waals surface area contributed by atoms with Crippen molar-refractivity contribution in [1.29, 1.82) is 0 Å². The summed E-state index contributed by atoms with van der Waals surface area (Å²) in [5.74, 6) is -1.64. The molecule has 1 aromatic heterocycles. The maximum absolute atomic E-state index is 12.7. The predicted octanol–water partition coefficient (Wildman–Crippen LogP) is 3.31. The number of carboxylic acid groups (broad SMARTS) is 1. The third-order valence-electron chi connectivity index (χ3n) is 6.32. The summed E-state index contributed by atoms with van der Waals surface area (Å²) in [4.78, 5) is 21.3. The molecule has 6 nitrogen and oxygen atoms in total. The number of halogens is 3. The maximum Gasteiger partial charge on any atom is 0.391 e. The van der Waals surface area contributed by atoms with Crippen LogP contribution < -0.4 is 10.2 Å². The van der Waals surface area contributed by atoms with E-state index in [4.69, 9.17) is 5.11 Å². The number of nitrogens with zero attached hydrogens (tertiary/aromatic N) is 3. The van der Waals surface area contributed by atoms with Gasteiger partial charge < -0.3 is 15.3 Å². The standard InChI is InChI=1S/C18H23F3N4O2/c19-18(20,21)12-1-3-25(4-2-12)16-22-9-14(10-23-16)24-13-7-17(8-13)5-11(6-17)15(26)27/h9-13,24H,1-8H2,(H,26,27). The number of carbonyl (C=O) groups is 1. The number of aromatic nitrogens is 2. The van der Waals surface area contributed by atoms with Gasteiger partial charge in [-0.05, 0) is 43.9 Å². The summed E-state index contributed by atoms with van der Waals surface area (Å²) in [5.41, 5.74) is 0.988. The second kappa shape index (κ2) is 6.53. The quantitative estimate of drug-likeness (QED) is 0.829. The molecule has 0 unspecified atom stereocenters. The smallest absolute Gasteiger partial charge is 0.391 e. The summed E-state index contributed by atoms with van der Waals surface area (Å²) < 4.78 is 38.2. The number of nitrogens with one attached hydrogen (secondary N) is 1. The molecule has 1 aliphatic heterocycles. The SMILES string of the molecule is O=C(O)C1CC2(CC(Nc3cnc(N4CCC(C(F)(F)F)CC4)nc3)C2)C1. The lowest BCUT2D eigenvalue weighted by Crippen LogP contribution is -2.54. The first kappa shape index (κ1) is 18.3. The molecule has 3 fully saturated rings. The van der Waals surface area contributed by atoms with E-state index < -0.39 is 18.1 Å². The molecule has 2 aliphatic carbocycles. The normalized spacial score (nSPS) is 31.3. The third-order valence-corrected chi connectivity index (χ3v) is 6.32. The molecule has 0 radical (unpaired) electrons. The molecule has 1 saturated heterocycles. The Bertz CT molecular complexity index is 688. The van der Waals surface area contributed by atoms with Gasteiger partial charge in [0.15, 0.2) is 0 Å². The highest BCUT2D eigenvalue weighted by atomic mass is 19.4. The lowest BCUT2D eigenvalue weighted by Gasteiger charge is -2.56. The van der Waals surface area contributed by atoms with Crippen molar-refractivity contribution in [2.24, 2.45) is 17.3 Å². The van der Waals surface area contributed by atoms with Crippen molar-refractivity contribution in [2.45, 2.75) is 50.7 Å². The molecule has 9 heteroatoms. The zero-order chi connectivity index (χ0) is 19.2. The minimum absolute atomic E-state index is 0.0777. The zero-order valence-electron chi connectivity index (χ0n) is 14.9. The fourth-order valence-electron chi connectivity index (χ4n) is 4.78. The Balaban J connectivity index is 1.24. The average molecular weight is 384 g/mol. The molecule has 3 aliphatic rings. The number of aliphatic carboxylic acids is 1. The van der Waals surface area contributed by atoms with E-state index in [9.17, 15) is 18.0 Å². The highest BCUT2D eigenvalue weighted by molar-refractivity contribution is 5.71. The Hall–Kier alpha value is -2.06. The molecule has 2 saturated carbocycles. The molecule has 1 spiro atoms. The zero-order valence-corrected chi connectivity index (χ0v) is 14.9. The molecule has 148 valence electrons. The van der Waals surface area contributed by atoms with Gasteiger partial charge in [0.2, 0.25) is 5.95 Å². The van der Waals surface area contributed by atoms with Gasteiger partial charge in [-0.15, -0.1) is 0 Å². The largest absolute Gasteiger partial charge is 0.481 e. The van der Waals surface area contributed by atoms with Gasteiger partial charge in [-0.1, -0.05) is 0 Å². The topological polar surface area (TPSA) is 78.3 Å². The number of carboxylic acids is 1. The van der Waals surface area contributed by atoms with Crippen LogP contribution >= 0.6 is 0 Å². The molecule has 2 N–H and O–H groups in total. The van der Waals surface area contributed by atoms with E-state index >= 15 is 0 Å². The van der Waals surface area contributed by atoms with Gasteiger partial charge in [0.25, 0.3) is 0 Å². The number of hydrogen-bond acceptors (Lipinski definition) is 5. The van der Waals surface area contributed by atoms with Gasteiger partial charge in [-0.3, -0.25) is 4.79 Å². The molecule has 1 aromatic rings. The second-order valence-corrected chi connectivity index (χ2v) is 8.27. The molecule has 27 heavy (non-hydrogen) atoms. The van der Waals surface area contributed by atoms with Gasteiger partial charge in [0.05, 0.1) is 29.9 Å². The van der Waals surface area contributed by atoms with E-state index in [1.807, 2.05) is 0 Å². The highest BCUT2D eigenvalue weighted by Crippen LogP contribution is 2.59. The van der Waals surface area contributed by atoms with Crippen molar-refractivity contribution in [3.05, 3.63) is 12.4 Å². The first-order chi connectivity index (χ1) is 12.7. The highest BCUT2D eigenvalue weighted by Gasteiger charge is 2.54. The summed E-state index contributed by atoms with van der Waals surface area (Å²) in [6, 6.07) is 0.303. The van der Waals surface area contributed by atoms with Crippen LogP contribution in [0.15, 0.2) is 12.4 Å². The second-order valence-electron chi connectivity index (χ2n) is 8.27. The van der Waals surface area contributed by atoms with Crippen LogP contribution in [0, 0.1) is 17.3 Å². The summed E-state index contributed by atoms with van der Waals surface area (Å²) in [6.45, 7) is 0.625. The number of hydrogen-bond donors (Lipinski definition) is 2. The van der Waals surface area contributed by atoms with Crippen LogP contribution in [0.5, 0.6) is 0 Å². The van der Waals surface area contributed by atoms with Gasteiger partial charge in [-0.25, -0.2) is 9.97 Å². The van der Waals surface area contributed by atoms with Crippen LogP contribution in [-0.4, -0.2) is 46.4 Å². The molecular formula is C18H23F3N4O2. The van der Waals surface area contributed by atoms with E-state index in [1.165, 1.54) is 0 Å². The van der Waals surface area contributed by atoms with Crippen molar-refractivity contribution in [3.63, 3.8) is 0 Å². The van der Waals surface area contributed by atoms with Crippen LogP contribution in [0.1, 0.15) is 38.5 Å². The monoisotopic (exact) mass is 384 g/mol. The van der Waals surface area contributed by atoms with Crippen LogP contribution in [0.2, 0.25) is 0 Å². The van der Waals surface area contributed by atoms with Gasteiger partial charge in [-0.2, -0.15) is 13.2 Å². The Morgan fingerprint density at radius 1 is 1.15 bits per heavy atom. The van der Waals surface area contributed by atoms with Crippen LogP contribution in [0.3, 0.4) is 0 Å². The first-order valence-corrected chi connectivity index (χ1v) is 9.37. The number of rotatable bonds is 4. The first-order valence-electron chi connectivity index (χ1n) is 9.37. The Kier molecular flexibility index (Phi) is 4.43. The molecule has 0 bridgehead atoms. The Labute approximate surface area is 155 Å². The lowest BCUT2D eigenvalue weighted by molar-refractivity contribution is -0.179. The van der Waals surface area contributed by atoms with E-state index in [0.29, 0.717) is 25.1 Å². The molecule has 0 aromatic carbocycles. The minimum atomic E-state index is -4.12. The predicted molar refractivity (Wildman–Crippen MR) is 92.5 cm³/mol. The third kappa shape index (κ3) is 3.68. The summed E-state index contributed by atoms with van der Waals surface area (Å²) >= 11 is 0. The molecule has 0 atom stereocenters. The number of anilines is 2. The van der Waals surface area contributed by atoms with Crippen molar-refractivity contribution < 1.29 is 23.1 Å². The van der Waals surface area contributed by atoms with E-state index in [1.54, 1.807) is 17.3 Å². The summed E-state index contributed by atoms with van der Waals surface area (Å²) in [5, 5.41) is 12.3. The molecule has 0 amide bonds. The fourth-order valence-corrected chi connectivity index (χ4v) is 4.78. The van der Waals surface area contributed by atoms with Crippen molar-refractivity contribution >= 4 is 17.6 Å². The Morgan fingerprint density at radius 3 is 2.26 bits per heavy atom. The van der Waals surface area contributed by atoms with Gasteiger partial charge in [0.1, 0.15) is 0 Å². The van der Waals surface area contributed by atoms with Gasteiger partial charge in [0, 0.05) is 19.1 Å². The van der Waals surface area contributed by atoms with E-state index in [2.05, 4.69) is 15.3 Å². The lowest BCUT2D eigenvalue weighted by atomic mass is 9.50. The average Bonchev–Trinajstić information content (AvgIpc) is 2.55. The minimum Gasteiger partial charge on any atom is -0.481 e. The van der Waals surface area contributed by atoms with Crippen molar-refractivity contribution in [3.8, 4) is 0 Å².